The van der Waals surface area contributed by atoms with Crippen molar-refractivity contribution in [3.05, 3.63) is 17.3 Å². The Morgan fingerprint density at radius 2 is 2.00 bits per heavy atom. The lowest BCUT2D eigenvalue weighted by Gasteiger charge is -2.32. The van der Waals surface area contributed by atoms with Crippen LogP contribution in [0.4, 0.5) is 10.2 Å². The minimum atomic E-state index is -0.385. The first-order chi connectivity index (χ1) is 9.24. The molecule has 0 N–H and O–H groups in total. The van der Waals surface area contributed by atoms with E-state index in [1.165, 1.54) is 32.4 Å². The van der Waals surface area contributed by atoms with Crippen LogP contribution in [0.15, 0.2) is 6.20 Å². The first kappa shape index (κ1) is 13.1. The van der Waals surface area contributed by atoms with E-state index in [1.54, 1.807) is 0 Å². The summed E-state index contributed by atoms with van der Waals surface area (Å²) >= 11 is 5.75. The molecule has 2 aliphatic heterocycles. The number of aromatic nitrogens is 2. The summed E-state index contributed by atoms with van der Waals surface area (Å²) in [7, 11) is 0. The van der Waals surface area contributed by atoms with Crippen molar-refractivity contribution in [3.8, 4) is 0 Å². The van der Waals surface area contributed by atoms with Crippen molar-refractivity contribution < 1.29 is 4.39 Å². The summed E-state index contributed by atoms with van der Waals surface area (Å²) < 4.78 is 13.8. The number of nitrogens with zero attached hydrogens (tertiary/aromatic N) is 4. The molecular weight excluding hydrogens is 267 g/mol. The molecule has 104 valence electrons. The standard InChI is InChI=1S/C13H18ClFN4/c14-13-16-8-11(15)12(17-13)19-7-4-10(9-19)18-5-2-1-3-6-18/h8,10H,1-7,9H2. The van der Waals surface area contributed by atoms with Gasteiger partial charge in [0.2, 0.25) is 5.28 Å². The van der Waals surface area contributed by atoms with Gasteiger partial charge < -0.3 is 4.90 Å². The lowest BCUT2D eigenvalue weighted by molar-refractivity contribution is 0.174. The van der Waals surface area contributed by atoms with Crippen LogP contribution in [0.2, 0.25) is 5.28 Å². The van der Waals surface area contributed by atoms with E-state index in [2.05, 4.69) is 14.9 Å². The second kappa shape index (κ2) is 5.59. The van der Waals surface area contributed by atoms with Crippen LogP contribution >= 0.6 is 11.6 Å². The van der Waals surface area contributed by atoms with Crippen LogP contribution in [0.1, 0.15) is 25.7 Å². The smallest absolute Gasteiger partial charge is 0.224 e. The molecule has 0 amide bonds. The highest BCUT2D eigenvalue weighted by atomic mass is 35.5. The molecule has 0 saturated carbocycles. The largest absolute Gasteiger partial charge is 0.352 e. The van der Waals surface area contributed by atoms with Gasteiger partial charge in [-0.25, -0.2) is 9.37 Å². The van der Waals surface area contributed by atoms with Crippen molar-refractivity contribution in [2.75, 3.05) is 31.1 Å². The van der Waals surface area contributed by atoms with E-state index in [-0.39, 0.29) is 11.1 Å². The van der Waals surface area contributed by atoms with Gasteiger partial charge in [0.25, 0.3) is 0 Å². The second-order valence-corrected chi connectivity index (χ2v) is 5.63. The topological polar surface area (TPSA) is 32.3 Å². The average Bonchev–Trinajstić information content (AvgIpc) is 2.92. The third-order valence-electron chi connectivity index (χ3n) is 4.07. The summed E-state index contributed by atoms with van der Waals surface area (Å²) in [5.41, 5.74) is 0. The quantitative estimate of drug-likeness (QED) is 0.781. The zero-order valence-corrected chi connectivity index (χ0v) is 11.6. The van der Waals surface area contributed by atoms with Crippen LogP contribution in [0.5, 0.6) is 0 Å². The molecule has 0 radical (unpaired) electrons. The number of hydrogen-bond acceptors (Lipinski definition) is 4. The van der Waals surface area contributed by atoms with Gasteiger partial charge in [-0.15, -0.1) is 0 Å². The summed E-state index contributed by atoms with van der Waals surface area (Å²) in [6.07, 6.45) is 6.12. The molecule has 1 atom stereocenters. The predicted octanol–water partition coefficient (Wildman–Crippen LogP) is 2.33. The van der Waals surface area contributed by atoms with Crippen LogP contribution < -0.4 is 4.90 Å². The maximum atomic E-state index is 13.8. The van der Waals surface area contributed by atoms with Crippen molar-refractivity contribution >= 4 is 17.4 Å². The van der Waals surface area contributed by atoms with Crippen molar-refractivity contribution in [1.29, 1.82) is 0 Å². The molecule has 1 unspecified atom stereocenters. The third-order valence-corrected chi connectivity index (χ3v) is 4.25. The first-order valence-corrected chi connectivity index (χ1v) is 7.29. The lowest BCUT2D eigenvalue weighted by Crippen LogP contribution is -2.41. The van der Waals surface area contributed by atoms with Crippen molar-refractivity contribution in [3.63, 3.8) is 0 Å². The number of piperidine rings is 1. The molecule has 19 heavy (non-hydrogen) atoms. The van der Waals surface area contributed by atoms with Crippen molar-refractivity contribution in [1.82, 2.24) is 14.9 Å². The molecule has 6 heteroatoms. The van der Waals surface area contributed by atoms with Gasteiger partial charge in [-0.2, -0.15) is 4.98 Å². The third kappa shape index (κ3) is 2.82. The Morgan fingerprint density at radius 1 is 1.21 bits per heavy atom. The van der Waals surface area contributed by atoms with Gasteiger partial charge in [-0.1, -0.05) is 6.42 Å². The van der Waals surface area contributed by atoms with Crippen LogP contribution in [-0.4, -0.2) is 47.1 Å². The van der Waals surface area contributed by atoms with E-state index in [9.17, 15) is 4.39 Å². The molecule has 3 rings (SSSR count). The zero-order chi connectivity index (χ0) is 13.2. The molecule has 3 heterocycles. The summed E-state index contributed by atoms with van der Waals surface area (Å²) in [5.74, 6) is -0.0387. The van der Waals surface area contributed by atoms with Crippen LogP contribution in [0.25, 0.3) is 0 Å². The highest BCUT2D eigenvalue weighted by Gasteiger charge is 2.30. The first-order valence-electron chi connectivity index (χ1n) is 6.91. The average molecular weight is 285 g/mol. The summed E-state index contributed by atoms with van der Waals surface area (Å²) in [5, 5.41) is 0.109. The van der Waals surface area contributed by atoms with Gasteiger partial charge >= 0.3 is 0 Å². The Bertz CT molecular complexity index is 450. The molecule has 4 nitrogen and oxygen atoms in total. The van der Waals surface area contributed by atoms with Crippen LogP contribution in [-0.2, 0) is 0 Å². The molecular formula is C13H18ClFN4. The summed E-state index contributed by atoms with van der Waals surface area (Å²) in [6, 6.07) is 0.522. The lowest BCUT2D eigenvalue weighted by atomic mass is 10.1. The normalized spacial score (nSPS) is 24.9. The highest BCUT2D eigenvalue weighted by molar-refractivity contribution is 6.28. The molecule has 2 fully saturated rings. The van der Waals surface area contributed by atoms with Crippen molar-refractivity contribution in [2.45, 2.75) is 31.7 Å². The fraction of sp³-hybridized carbons (Fsp3) is 0.692. The highest BCUT2D eigenvalue weighted by Crippen LogP contribution is 2.26. The second-order valence-electron chi connectivity index (χ2n) is 5.30. The molecule has 0 aliphatic carbocycles. The van der Waals surface area contributed by atoms with Gasteiger partial charge in [0.1, 0.15) is 0 Å². The fourth-order valence-electron chi connectivity index (χ4n) is 3.07. The van der Waals surface area contributed by atoms with E-state index in [0.29, 0.717) is 11.9 Å². The van der Waals surface area contributed by atoms with E-state index < -0.39 is 0 Å². The summed E-state index contributed by atoms with van der Waals surface area (Å²) in [4.78, 5) is 12.2. The molecule has 0 aromatic carbocycles. The van der Waals surface area contributed by atoms with Crippen LogP contribution in [0, 0.1) is 5.82 Å². The Balaban J connectivity index is 1.69. The monoisotopic (exact) mass is 284 g/mol. The molecule has 1 aromatic rings. The molecule has 2 saturated heterocycles. The number of anilines is 1. The molecule has 2 aliphatic rings. The Labute approximate surface area is 117 Å². The van der Waals surface area contributed by atoms with Crippen LogP contribution in [0.3, 0.4) is 0 Å². The Kier molecular flexibility index (Phi) is 3.84. The zero-order valence-electron chi connectivity index (χ0n) is 10.9. The SMILES string of the molecule is Fc1cnc(Cl)nc1N1CCC(N2CCCCC2)C1. The van der Waals surface area contributed by atoms with Gasteiger partial charge in [-0.05, 0) is 44.0 Å². The minimum Gasteiger partial charge on any atom is -0.352 e. The predicted molar refractivity (Wildman–Crippen MR) is 73.0 cm³/mol. The van der Waals surface area contributed by atoms with Gasteiger partial charge in [0.15, 0.2) is 11.6 Å². The fourth-order valence-corrected chi connectivity index (χ4v) is 3.20. The van der Waals surface area contributed by atoms with E-state index in [1.807, 2.05) is 4.90 Å². The van der Waals surface area contributed by atoms with Gasteiger partial charge in [0.05, 0.1) is 6.20 Å². The maximum absolute atomic E-state index is 13.8. The van der Waals surface area contributed by atoms with E-state index in [4.69, 9.17) is 11.6 Å². The van der Waals surface area contributed by atoms with Gasteiger partial charge in [-0.3, -0.25) is 4.90 Å². The number of hydrogen-bond donors (Lipinski definition) is 0. The van der Waals surface area contributed by atoms with E-state index >= 15 is 0 Å². The number of halogens is 2. The van der Waals surface area contributed by atoms with E-state index in [0.717, 1.165) is 25.7 Å². The molecule has 1 aromatic heterocycles. The molecule has 0 spiro atoms. The molecule has 0 bridgehead atoms. The summed E-state index contributed by atoms with van der Waals surface area (Å²) in [6.45, 7) is 4.02. The number of rotatable bonds is 2. The maximum Gasteiger partial charge on any atom is 0.224 e. The minimum absolute atomic E-state index is 0.109. The Morgan fingerprint density at radius 3 is 2.79 bits per heavy atom. The van der Waals surface area contributed by atoms with Gasteiger partial charge in [0, 0.05) is 19.1 Å². The van der Waals surface area contributed by atoms with Crippen molar-refractivity contribution in [2.24, 2.45) is 0 Å². The number of likely N-dealkylation sites (tertiary alicyclic amines) is 1. The Hall–Kier alpha value is -0.940.